The van der Waals surface area contributed by atoms with E-state index in [2.05, 4.69) is 31.0 Å². The summed E-state index contributed by atoms with van der Waals surface area (Å²) in [6.45, 7) is 7.26. The van der Waals surface area contributed by atoms with Gasteiger partial charge >= 0.3 is 0 Å². The maximum absolute atomic E-state index is 6.45. The Balaban J connectivity index is 1.60. The van der Waals surface area contributed by atoms with Crippen LogP contribution in [0.4, 0.5) is 0 Å². The fourth-order valence-electron chi connectivity index (χ4n) is 4.35. The Morgan fingerprint density at radius 2 is 1.93 bits per heavy atom. The molecule has 1 unspecified atom stereocenters. The van der Waals surface area contributed by atoms with Crippen molar-refractivity contribution in [3.63, 3.8) is 0 Å². The van der Waals surface area contributed by atoms with Crippen LogP contribution >= 0.6 is 23.2 Å². The van der Waals surface area contributed by atoms with Gasteiger partial charge in [-0.1, -0.05) is 48.3 Å². The third-order valence-corrected chi connectivity index (χ3v) is 6.37. The molecule has 1 saturated heterocycles. The van der Waals surface area contributed by atoms with Crippen molar-refractivity contribution in [1.29, 1.82) is 0 Å². The fourth-order valence-corrected chi connectivity index (χ4v) is 4.93. The standard InChI is InChI=1S/C22H28Cl2N2O2/c1-22(2)11-15(9-10-26(3)13-22)27-12-16-20(25-28-21(16)14-7-8-14)19-17(23)5-4-6-18(19)24/h4-6,14-15H,7-13H2,1-3H3. The number of halogens is 2. The summed E-state index contributed by atoms with van der Waals surface area (Å²) in [4.78, 5) is 2.40. The monoisotopic (exact) mass is 422 g/mol. The van der Waals surface area contributed by atoms with Crippen LogP contribution in [0.25, 0.3) is 11.3 Å². The second-order valence-corrected chi connectivity index (χ2v) is 9.89. The van der Waals surface area contributed by atoms with Gasteiger partial charge in [0.05, 0.1) is 22.8 Å². The molecule has 6 heteroatoms. The molecule has 0 N–H and O–H groups in total. The zero-order chi connectivity index (χ0) is 19.9. The van der Waals surface area contributed by atoms with Crippen molar-refractivity contribution in [2.24, 2.45) is 5.41 Å². The minimum absolute atomic E-state index is 0.219. The topological polar surface area (TPSA) is 38.5 Å². The van der Waals surface area contributed by atoms with Crippen molar-refractivity contribution in [3.8, 4) is 11.3 Å². The van der Waals surface area contributed by atoms with Gasteiger partial charge in [-0.05, 0) is 50.3 Å². The summed E-state index contributed by atoms with van der Waals surface area (Å²) in [5.41, 5.74) is 2.70. The molecule has 1 atom stereocenters. The normalized spacial score (nSPS) is 23.0. The molecule has 152 valence electrons. The van der Waals surface area contributed by atoms with E-state index in [0.29, 0.717) is 22.6 Å². The Morgan fingerprint density at radius 3 is 2.61 bits per heavy atom. The molecular weight excluding hydrogens is 395 g/mol. The lowest BCUT2D eigenvalue weighted by molar-refractivity contribution is 0.0150. The first-order valence-electron chi connectivity index (χ1n) is 10.1. The van der Waals surface area contributed by atoms with Crippen LogP contribution in [0.5, 0.6) is 0 Å². The van der Waals surface area contributed by atoms with Crippen LogP contribution in [0.1, 0.15) is 56.8 Å². The summed E-state index contributed by atoms with van der Waals surface area (Å²) >= 11 is 12.9. The third kappa shape index (κ3) is 4.40. The zero-order valence-corrected chi connectivity index (χ0v) is 18.3. The fraction of sp³-hybridized carbons (Fsp3) is 0.591. The van der Waals surface area contributed by atoms with Crippen LogP contribution in [-0.4, -0.2) is 36.3 Å². The molecule has 4 rings (SSSR count). The molecule has 0 amide bonds. The van der Waals surface area contributed by atoms with Crippen LogP contribution in [0.2, 0.25) is 10.0 Å². The van der Waals surface area contributed by atoms with Crippen LogP contribution in [0, 0.1) is 5.41 Å². The van der Waals surface area contributed by atoms with E-state index in [0.717, 1.165) is 61.4 Å². The highest BCUT2D eigenvalue weighted by Crippen LogP contribution is 2.46. The van der Waals surface area contributed by atoms with Crippen molar-refractivity contribution >= 4 is 23.2 Å². The van der Waals surface area contributed by atoms with Crippen LogP contribution < -0.4 is 0 Å². The Bertz CT molecular complexity index is 825. The first-order chi connectivity index (χ1) is 13.3. The van der Waals surface area contributed by atoms with E-state index >= 15 is 0 Å². The smallest absolute Gasteiger partial charge is 0.145 e. The molecule has 4 nitrogen and oxygen atoms in total. The lowest BCUT2D eigenvalue weighted by Gasteiger charge is -2.28. The molecule has 2 aromatic rings. The summed E-state index contributed by atoms with van der Waals surface area (Å²) in [5, 5.41) is 5.53. The van der Waals surface area contributed by atoms with E-state index in [1.165, 1.54) is 0 Å². The second-order valence-electron chi connectivity index (χ2n) is 9.07. The number of hydrogen-bond acceptors (Lipinski definition) is 4. The van der Waals surface area contributed by atoms with Gasteiger partial charge in [0.15, 0.2) is 0 Å². The highest BCUT2D eigenvalue weighted by molar-refractivity contribution is 6.39. The largest absolute Gasteiger partial charge is 0.373 e. The van der Waals surface area contributed by atoms with Gasteiger partial charge in [-0.2, -0.15) is 0 Å². The molecule has 0 bridgehead atoms. The molecule has 2 heterocycles. The molecule has 2 fully saturated rings. The molecule has 1 saturated carbocycles. The van der Waals surface area contributed by atoms with Gasteiger partial charge in [0.25, 0.3) is 0 Å². The summed E-state index contributed by atoms with van der Waals surface area (Å²) in [6.07, 6.45) is 4.57. The summed E-state index contributed by atoms with van der Waals surface area (Å²) in [7, 11) is 2.19. The Hall–Kier alpha value is -1.07. The van der Waals surface area contributed by atoms with Crippen molar-refractivity contribution in [2.45, 2.75) is 58.2 Å². The molecular formula is C22H28Cl2N2O2. The maximum atomic E-state index is 6.45. The maximum Gasteiger partial charge on any atom is 0.145 e. The van der Waals surface area contributed by atoms with E-state index < -0.39 is 0 Å². The molecule has 1 aliphatic heterocycles. The highest BCUT2D eigenvalue weighted by atomic mass is 35.5. The molecule has 1 aromatic heterocycles. The quantitative estimate of drug-likeness (QED) is 0.577. The molecule has 1 aromatic carbocycles. The van der Waals surface area contributed by atoms with E-state index in [1.807, 2.05) is 18.2 Å². The molecule has 28 heavy (non-hydrogen) atoms. The van der Waals surface area contributed by atoms with Gasteiger partial charge < -0.3 is 14.2 Å². The average Bonchev–Trinajstić information content (AvgIpc) is 3.39. The average molecular weight is 423 g/mol. The number of benzene rings is 1. The second kappa shape index (κ2) is 7.98. The highest BCUT2D eigenvalue weighted by Gasteiger charge is 2.35. The lowest BCUT2D eigenvalue weighted by Crippen LogP contribution is -2.29. The first kappa shape index (κ1) is 20.2. The van der Waals surface area contributed by atoms with Crippen LogP contribution in [0.15, 0.2) is 22.7 Å². The SMILES string of the molecule is CN1CCC(OCc2c(-c3c(Cl)cccc3Cl)noc2C2CC2)CC(C)(C)C1. The molecule has 0 spiro atoms. The van der Waals surface area contributed by atoms with Crippen molar-refractivity contribution in [3.05, 3.63) is 39.6 Å². The zero-order valence-electron chi connectivity index (χ0n) is 16.8. The van der Waals surface area contributed by atoms with E-state index in [-0.39, 0.29) is 11.5 Å². The Kier molecular flexibility index (Phi) is 5.76. The van der Waals surface area contributed by atoms with Crippen molar-refractivity contribution in [1.82, 2.24) is 10.1 Å². The lowest BCUT2D eigenvalue weighted by atomic mass is 9.87. The Labute approximate surface area is 177 Å². The van der Waals surface area contributed by atoms with Gasteiger partial charge in [0.1, 0.15) is 11.5 Å². The molecule has 1 aliphatic carbocycles. The minimum Gasteiger partial charge on any atom is -0.373 e. The summed E-state index contributed by atoms with van der Waals surface area (Å²) in [6, 6.07) is 5.52. The minimum atomic E-state index is 0.219. The van der Waals surface area contributed by atoms with E-state index in [4.69, 9.17) is 32.5 Å². The van der Waals surface area contributed by atoms with Gasteiger partial charge in [-0.3, -0.25) is 0 Å². The summed E-state index contributed by atoms with van der Waals surface area (Å²) < 4.78 is 12.2. The predicted molar refractivity (Wildman–Crippen MR) is 113 cm³/mol. The first-order valence-corrected chi connectivity index (χ1v) is 10.8. The van der Waals surface area contributed by atoms with Crippen molar-refractivity contribution < 1.29 is 9.26 Å². The van der Waals surface area contributed by atoms with Gasteiger partial charge in [0.2, 0.25) is 0 Å². The van der Waals surface area contributed by atoms with Crippen LogP contribution in [-0.2, 0) is 11.3 Å². The number of aromatic nitrogens is 1. The van der Waals surface area contributed by atoms with Crippen LogP contribution in [0.3, 0.4) is 0 Å². The number of nitrogens with zero attached hydrogens (tertiary/aromatic N) is 2. The summed E-state index contributed by atoms with van der Waals surface area (Å²) in [5.74, 6) is 1.38. The van der Waals surface area contributed by atoms with Gasteiger partial charge in [-0.25, -0.2) is 0 Å². The predicted octanol–water partition coefficient (Wildman–Crippen LogP) is 6.16. The molecule has 0 radical (unpaired) electrons. The van der Waals surface area contributed by atoms with E-state index in [1.54, 1.807) is 0 Å². The van der Waals surface area contributed by atoms with E-state index in [9.17, 15) is 0 Å². The van der Waals surface area contributed by atoms with Gasteiger partial charge in [0, 0.05) is 30.1 Å². The number of hydrogen-bond donors (Lipinski definition) is 0. The Morgan fingerprint density at radius 1 is 1.21 bits per heavy atom. The third-order valence-electron chi connectivity index (χ3n) is 5.74. The molecule has 2 aliphatic rings. The number of likely N-dealkylation sites (tertiary alicyclic amines) is 1. The number of rotatable bonds is 5. The number of ether oxygens (including phenoxy) is 1. The van der Waals surface area contributed by atoms with Crippen molar-refractivity contribution in [2.75, 3.05) is 20.1 Å². The van der Waals surface area contributed by atoms with Gasteiger partial charge in [-0.15, -0.1) is 0 Å².